The molecule has 0 fully saturated rings. The molecule has 2 heterocycles. The summed E-state index contributed by atoms with van der Waals surface area (Å²) in [6.45, 7) is 0.704. The lowest BCUT2D eigenvalue weighted by Gasteiger charge is -2.05. The SMILES string of the molecule is O=C(Cn1ccc(-c2ccc(C(=O)O)s2)n1)NCCc1ccccc1. The predicted molar refractivity (Wildman–Crippen MR) is 95.7 cm³/mol. The molecule has 0 saturated carbocycles. The highest BCUT2D eigenvalue weighted by atomic mass is 32.1. The molecule has 6 nitrogen and oxygen atoms in total. The van der Waals surface area contributed by atoms with Gasteiger partial charge in [-0.15, -0.1) is 11.3 Å². The third-order valence-corrected chi connectivity index (χ3v) is 4.69. The number of carboxylic acid groups (broad SMARTS) is 1. The first-order valence-electron chi connectivity index (χ1n) is 7.79. The summed E-state index contributed by atoms with van der Waals surface area (Å²) in [5.41, 5.74) is 1.84. The third kappa shape index (κ3) is 4.54. The van der Waals surface area contributed by atoms with Crippen molar-refractivity contribution in [1.29, 1.82) is 0 Å². The van der Waals surface area contributed by atoms with Gasteiger partial charge in [0.1, 0.15) is 17.1 Å². The number of benzene rings is 1. The van der Waals surface area contributed by atoms with E-state index in [-0.39, 0.29) is 17.3 Å². The number of aromatic carboxylic acids is 1. The topological polar surface area (TPSA) is 84.2 Å². The number of thiophene rings is 1. The number of nitrogens with one attached hydrogen (secondary N) is 1. The number of hydrogen-bond donors (Lipinski definition) is 2. The van der Waals surface area contributed by atoms with Crippen LogP contribution in [0.15, 0.2) is 54.7 Å². The third-order valence-electron chi connectivity index (χ3n) is 3.59. The van der Waals surface area contributed by atoms with Crippen LogP contribution in [0.4, 0.5) is 0 Å². The van der Waals surface area contributed by atoms with Crippen molar-refractivity contribution in [3.63, 3.8) is 0 Å². The molecule has 0 radical (unpaired) electrons. The highest BCUT2D eigenvalue weighted by Gasteiger charge is 2.11. The zero-order valence-electron chi connectivity index (χ0n) is 13.4. The summed E-state index contributed by atoms with van der Waals surface area (Å²) in [5.74, 6) is -1.06. The second-order valence-electron chi connectivity index (χ2n) is 5.45. The first kappa shape index (κ1) is 16.9. The van der Waals surface area contributed by atoms with Crippen LogP contribution in [0.3, 0.4) is 0 Å². The summed E-state index contributed by atoms with van der Waals surface area (Å²) < 4.78 is 1.55. The molecular formula is C18H17N3O3S. The molecule has 1 aromatic carbocycles. The molecule has 2 N–H and O–H groups in total. The van der Waals surface area contributed by atoms with Gasteiger partial charge in [0.15, 0.2) is 0 Å². The number of hydrogen-bond acceptors (Lipinski definition) is 4. The summed E-state index contributed by atoms with van der Waals surface area (Å²) in [7, 11) is 0. The van der Waals surface area contributed by atoms with E-state index in [2.05, 4.69) is 10.4 Å². The first-order chi connectivity index (χ1) is 12.1. The van der Waals surface area contributed by atoms with E-state index in [1.54, 1.807) is 29.1 Å². The lowest BCUT2D eigenvalue weighted by atomic mass is 10.1. The van der Waals surface area contributed by atoms with E-state index in [4.69, 9.17) is 5.11 Å². The van der Waals surface area contributed by atoms with Crippen molar-refractivity contribution < 1.29 is 14.7 Å². The van der Waals surface area contributed by atoms with Crippen molar-refractivity contribution in [2.24, 2.45) is 0 Å². The molecule has 7 heteroatoms. The second-order valence-corrected chi connectivity index (χ2v) is 6.54. The van der Waals surface area contributed by atoms with Crippen molar-refractivity contribution in [2.45, 2.75) is 13.0 Å². The van der Waals surface area contributed by atoms with Crippen LogP contribution in [0.1, 0.15) is 15.2 Å². The van der Waals surface area contributed by atoms with E-state index in [1.807, 2.05) is 30.3 Å². The number of carboxylic acids is 1. The van der Waals surface area contributed by atoms with Gasteiger partial charge in [0.05, 0.1) is 4.88 Å². The average Bonchev–Trinajstić information content (AvgIpc) is 3.25. The van der Waals surface area contributed by atoms with Crippen LogP contribution in [0.2, 0.25) is 0 Å². The van der Waals surface area contributed by atoms with E-state index >= 15 is 0 Å². The van der Waals surface area contributed by atoms with Gasteiger partial charge >= 0.3 is 5.97 Å². The van der Waals surface area contributed by atoms with Crippen LogP contribution in [-0.4, -0.2) is 33.3 Å². The van der Waals surface area contributed by atoms with E-state index in [9.17, 15) is 9.59 Å². The zero-order chi connectivity index (χ0) is 17.6. The number of amides is 1. The Morgan fingerprint density at radius 2 is 1.92 bits per heavy atom. The Balaban J connectivity index is 1.52. The fourth-order valence-electron chi connectivity index (χ4n) is 2.37. The van der Waals surface area contributed by atoms with Crippen molar-refractivity contribution in [2.75, 3.05) is 6.54 Å². The molecule has 0 aliphatic rings. The number of aromatic nitrogens is 2. The minimum atomic E-state index is -0.950. The molecule has 128 valence electrons. The van der Waals surface area contributed by atoms with Gasteiger partial charge in [0, 0.05) is 12.7 Å². The fraction of sp³-hybridized carbons (Fsp3) is 0.167. The largest absolute Gasteiger partial charge is 0.477 e. The predicted octanol–water partition coefficient (Wildman–Crippen LogP) is 2.67. The number of nitrogens with zero attached hydrogens (tertiary/aromatic N) is 2. The maximum Gasteiger partial charge on any atom is 0.345 e. The van der Waals surface area contributed by atoms with E-state index in [1.165, 1.54) is 5.56 Å². The Bertz CT molecular complexity index is 871. The van der Waals surface area contributed by atoms with Crippen LogP contribution >= 0.6 is 11.3 Å². The number of carbonyl (C=O) groups is 2. The summed E-state index contributed by atoms with van der Waals surface area (Å²) >= 11 is 1.16. The summed E-state index contributed by atoms with van der Waals surface area (Å²) in [6.07, 6.45) is 2.50. The van der Waals surface area contributed by atoms with E-state index in [0.717, 1.165) is 22.6 Å². The van der Waals surface area contributed by atoms with E-state index in [0.29, 0.717) is 12.2 Å². The fourth-order valence-corrected chi connectivity index (χ4v) is 3.18. The monoisotopic (exact) mass is 355 g/mol. The minimum absolute atomic E-state index is 0.108. The van der Waals surface area contributed by atoms with Crippen LogP contribution in [-0.2, 0) is 17.8 Å². The highest BCUT2D eigenvalue weighted by Crippen LogP contribution is 2.26. The molecule has 0 atom stereocenters. The Hall–Kier alpha value is -2.93. The van der Waals surface area contributed by atoms with Crippen LogP contribution in [0.5, 0.6) is 0 Å². The van der Waals surface area contributed by atoms with Crippen molar-refractivity contribution in [3.8, 4) is 10.6 Å². The molecule has 2 aromatic heterocycles. The molecule has 1 amide bonds. The standard InChI is InChI=1S/C18H17N3O3S/c22-17(19-10-8-13-4-2-1-3-5-13)12-21-11-9-14(20-21)15-6-7-16(25-15)18(23)24/h1-7,9,11H,8,10,12H2,(H,19,22)(H,23,24). The molecule has 3 aromatic rings. The van der Waals surface area contributed by atoms with Gasteiger partial charge < -0.3 is 10.4 Å². The Morgan fingerprint density at radius 3 is 2.64 bits per heavy atom. The lowest BCUT2D eigenvalue weighted by Crippen LogP contribution is -2.29. The second kappa shape index (κ2) is 7.76. The van der Waals surface area contributed by atoms with Gasteiger partial charge in [-0.1, -0.05) is 30.3 Å². The maximum atomic E-state index is 12.0. The van der Waals surface area contributed by atoms with Gasteiger partial charge in [0.25, 0.3) is 0 Å². The van der Waals surface area contributed by atoms with Gasteiger partial charge in [-0.25, -0.2) is 4.79 Å². The summed E-state index contributed by atoms with van der Waals surface area (Å²) in [4.78, 5) is 24.0. The quantitative estimate of drug-likeness (QED) is 0.682. The summed E-state index contributed by atoms with van der Waals surface area (Å²) in [6, 6.07) is 15.0. The van der Waals surface area contributed by atoms with E-state index < -0.39 is 5.97 Å². The highest BCUT2D eigenvalue weighted by molar-refractivity contribution is 7.17. The van der Waals surface area contributed by atoms with Crippen molar-refractivity contribution >= 4 is 23.2 Å². The first-order valence-corrected chi connectivity index (χ1v) is 8.61. The van der Waals surface area contributed by atoms with Gasteiger partial charge in [0.2, 0.25) is 5.91 Å². The average molecular weight is 355 g/mol. The molecular weight excluding hydrogens is 338 g/mol. The minimum Gasteiger partial charge on any atom is -0.477 e. The molecule has 0 unspecified atom stereocenters. The zero-order valence-corrected chi connectivity index (χ0v) is 14.2. The van der Waals surface area contributed by atoms with Crippen LogP contribution in [0, 0.1) is 0 Å². The molecule has 0 aliphatic carbocycles. The summed E-state index contributed by atoms with van der Waals surface area (Å²) in [5, 5.41) is 16.2. The lowest BCUT2D eigenvalue weighted by molar-refractivity contribution is -0.121. The molecule has 0 saturated heterocycles. The van der Waals surface area contributed by atoms with Gasteiger partial charge in [-0.2, -0.15) is 5.10 Å². The molecule has 0 aliphatic heterocycles. The maximum absolute atomic E-state index is 12.0. The van der Waals surface area contributed by atoms with Crippen LogP contribution in [0.25, 0.3) is 10.6 Å². The Morgan fingerprint density at radius 1 is 1.12 bits per heavy atom. The number of rotatable bonds is 7. The van der Waals surface area contributed by atoms with Gasteiger partial charge in [-0.3, -0.25) is 9.48 Å². The van der Waals surface area contributed by atoms with Gasteiger partial charge in [-0.05, 0) is 30.2 Å². The molecule has 0 spiro atoms. The smallest absolute Gasteiger partial charge is 0.345 e. The molecule has 3 rings (SSSR count). The molecule has 0 bridgehead atoms. The van der Waals surface area contributed by atoms with Crippen molar-refractivity contribution in [1.82, 2.24) is 15.1 Å². The van der Waals surface area contributed by atoms with Crippen LogP contribution < -0.4 is 5.32 Å². The normalized spacial score (nSPS) is 10.6. The Labute approximate surface area is 148 Å². The molecule has 25 heavy (non-hydrogen) atoms. The number of carbonyl (C=O) groups excluding carboxylic acids is 1. The Kier molecular flexibility index (Phi) is 5.25. The van der Waals surface area contributed by atoms with Crippen molar-refractivity contribution in [3.05, 3.63) is 65.2 Å².